The van der Waals surface area contributed by atoms with Crippen molar-refractivity contribution in [3.63, 3.8) is 0 Å². The van der Waals surface area contributed by atoms with Crippen molar-refractivity contribution in [3.05, 3.63) is 34.6 Å². The molecule has 0 aliphatic heterocycles. The first kappa shape index (κ1) is 13.3. The fraction of sp³-hybridized carbons (Fsp3) is 0.462. The van der Waals surface area contributed by atoms with Crippen molar-refractivity contribution >= 4 is 17.5 Å². The van der Waals surface area contributed by atoms with Gasteiger partial charge in [-0.15, -0.1) is 0 Å². The van der Waals surface area contributed by atoms with Gasteiger partial charge in [-0.05, 0) is 31.0 Å². The van der Waals surface area contributed by atoms with E-state index in [0.29, 0.717) is 5.02 Å². The summed E-state index contributed by atoms with van der Waals surface area (Å²) in [6, 6.07) is 3.81. The number of nitrogens with one attached hydrogen (secondary N) is 1. The van der Waals surface area contributed by atoms with E-state index >= 15 is 0 Å². The van der Waals surface area contributed by atoms with Crippen molar-refractivity contribution in [2.75, 3.05) is 6.61 Å². The largest absolute Gasteiger partial charge is 0.396 e. The number of hydrogen-bond acceptors (Lipinski definition) is 2. The summed E-state index contributed by atoms with van der Waals surface area (Å²) in [4.78, 5) is 11.9. The standard InChI is InChI=1S/C13H15ClFNO2/c14-9-4-5-11(15)10(6-9)13(18)16-12-3-1-2-8(12)7-17/h4-6,8,12,17H,1-3,7H2,(H,16,18). The molecule has 0 radical (unpaired) electrons. The second-order valence-corrected chi connectivity index (χ2v) is 5.01. The van der Waals surface area contributed by atoms with Gasteiger partial charge in [-0.1, -0.05) is 18.0 Å². The number of halogens is 2. The lowest BCUT2D eigenvalue weighted by atomic mass is 10.0. The number of rotatable bonds is 3. The van der Waals surface area contributed by atoms with Gasteiger partial charge in [0.05, 0.1) is 5.56 Å². The van der Waals surface area contributed by atoms with E-state index in [9.17, 15) is 14.3 Å². The first-order valence-electron chi connectivity index (χ1n) is 5.98. The minimum absolute atomic E-state index is 0.0446. The molecule has 1 aliphatic carbocycles. The molecule has 1 aliphatic rings. The Morgan fingerprint density at radius 2 is 2.28 bits per heavy atom. The normalized spacial score (nSPS) is 23.1. The van der Waals surface area contributed by atoms with Crippen molar-refractivity contribution < 1.29 is 14.3 Å². The summed E-state index contributed by atoms with van der Waals surface area (Å²) in [5, 5.41) is 12.3. The molecule has 2 unspecified atom stereocenters. The number of aliphatic hydroxyl groups excluding tert-OH is 1. The molecule has 5 heteroatoms. The molecule has 3 nitrogen and oxygen atoms in total. The summed E-state index contributed by atoms with van der Waals surface area (Å²) in [5.74, 6) is -0.994. The van der Waals surface area contributed by atoms with Gasteiger partial charge in [-0.3, -0.25) is 4.79 Å². The molecule has 1 amide bonds. The van der Waals surface area contributed by atoms with Crippen molar-refractivity contribution in [2.45, 2.75) is 25.3 Å². The molecule has 1 fully saturated rings. The minimum Gasteiger partial charge on any atom is -0.396 e. The molecule has 98 valence electrons. The summed E-state index contributed by atoms with van der Waals surface area (Å²) in [6.45, 7) is 0.0446. The molecule has 1 saturated carbocycles. The van der Waals surface area contributed by atoms with Gasteiger partial charge < -0.3 is 10.4 Å². The van der Waals surface area contributed by atoms with Crippen LogP contribution >= 0.6 is 11.6 Å². The molecule has 0 bridgehead atoms. The monoisotopic (exact) mass is 271 g/mol. The van der Waals surface area contributed by atoms with Crippen LogP contribution in [0.4, 0.5) is 4.39 Å². The zero-order valence-corrected chi connectivity index (χ0v) is 10.6. The van der Waals surface area contributed by atoms with E-state index in [1.165, 1.54) is 18.2 Å². The molecule has 18 heavy (non-hydrogen) atoms. The molecule has 2 atom stereocenters. The highest BCUT2D eigenvalue weighted by molar-refractivity contribution is 6.31. The Balaban J connectivity index is 2.09. The molecule has 0 saturated heterocycles. The SMILES string of the molecule is O=C(NC1CCCC1CO)c1cc(Cl)ccc1F. The predicted molar refractivity (Wildman–Crippen MR) is 67.1 cm³/mol. The lowest BCUT2D eigenvalue weighted by molar-refractivity contribution is 0.0912. The van der Waals surface area contributed by atoms with Gasteiger partial charge >= 0.3 is 0 Å². The third-order valence-corrected chi connectivity index (χ3v) is 3.62. The Kier molecular flexibility index (Phi) is 4.19. The van der Waals surface area contributed by atoms with Crippen LogP contribution in [0, 0.1) is 11.7 Å². The van der Waals surface area contributed by atoms with E-state index in [1.807, 2.05) is 0 Å². The number of aliphatic hydroxyl groups is 1. The predicted octanol–water partition coefficient (Wildman–Crippen LogP) is 2.37. The topological polar surface area (TPSA) is 49.3 Å². The smallest absolute Gasteiger partial charge is 0.254 e. The average molecular weight is 272 g/mol. The van der Waals surface area contributed by atoms with E-state index in [2.05, 4.69) is 5.32 Å². The van der Waals surface area contributed by atoms with Crippen molar-refractivity contribution in [2.24, 2.45) is 5.92 Å². The fourth-order valence-corrected chi connectivity index (χ4v) is 2.54. The molecular weight excluding hydrogens is 257 g/mol. The van der Waals surface area contributed by atoms with Crippen molar-refractivity contribution in [1.29, 1.82) is 0 Å². The highest BCUT2D eigenvalue weighted by atomic mass is 35.5. The van der Waals surface area contributed by atoms with Crippen LogP contribution in [0.15, 0.2) is 18.2 Å². The van der Waals surface area contributed by atoms with Crippen LogP contribution < -0.4 is 5.32 Å². The fourth-order valence-electron chi connectivity index (χ4n) is 2.36. The summed E-state index contributed by atoms with van der Waals surface area (Å²) in [6.07, 6.45) is 2.67. The Bertz CT molecular complexity index is 453. The summed E-state index contributed by atoms with van der Waals surface area (Å²) >= 11 is 5.75. The first-order chi connectivity index (χ1) is 8.61. The maximum absolute atomic E-state index is 13.5. The maximum atomic E-state index is 13.5. The molecule has 0 aromatic heterocycles. The highest BCUT2D eigenvalue weighted by Crippen LogP contribution is 2.25. The van der Waals surface area contributed by atoms with Gasteiger partial charge in [0.2, 0.25) is 0 Å². The molecule has 2 N–H and O–H groups in total. The Hall–Kier alpha value is -1.13. The zero-order chi connectivity index (χ0) is 13.1. The van der Waals surface area contributed by atoms with Crippen LogP contribution in [-0.2, 0) is 0 Å². The number of hydrogen-bond donors (Lipinski definition) is 2. The third kappa shape index (κ3) is 2.82. The van der Waals surface area contributed by atoms with E-state index in [1.54, 1.807) is 0 Å². The zero-order valence-electron chi connectivity index (χ0n) is 9.83. The van der Waals surface area contributed by atoms with Crippen LogP contribution in [0.25, 0.3) is 0 Å². The van der Waals surface area contributed by atoms with Crippen molar-refractivity contribution in [1.82, 2.24) is 5.32 Å². The van der Waals surface area contributed by atoms with E-state index in [-0.39, 0.29) is 24.1 Å². The number of amides is 1. The third-order valence-electron chi connectivity index (χ3n) is 3.38. The van der Waals surface area contributed by atoms with E-state index in [0.717, 1.165) is 19.3 Å². The quantitative estimate of drug-likeness (QED) is 0.887. The minimum atomic E-state index is -0.588. The van der Waals surface area contributed by atoms with Crippen LogP contribution in [-0.4, -0.2) is 23.7 Å². The highest BCUT2D eigenvalue weighted by Gasteiger charge is 2.28. The van der Waals surface area contributed by atoms with Gasteiger partial charge in [0, 0.05) is 23.6 Å². The molecule has 2 rings (SSSR count). The Morgan fingerprint density at radius 3 is 3.00 bits per heavy atom. The number of carbonyl (C=O) groups excluding carboxylic acids is 1. The van der Waals surface area contributed by atoms with E-state index < -0.39 is 11.7 Å². The lowest BCUT2D eigenvalue weighted by Crippen LogP contribution is -2.38. The summed E-state index contributed by atoms with van der Waals surface area (Å²) < 4.78 is 13.5. The summed E-state index contributed by atoms with van der Waals surface area (Å²) in [5.41, 5.74) is -0.0499. The lowest BCUT2D eigenvalue weighted by Gasteiger charge is -2.19. The van der Waals surface area contributed by atoms with Crippen molar-refractivity contribution in [3.8, 4) is 0 Å². The van der Waals surface area contributed by atoms with Crippen LogP contribution in [0.1, 0.15) is 29.6 Å². The second kappa shape index (κ2) is 5.67. The van der Waals surface area contributed by atoms with Gasteiger partial charge in [0.15, 0.2) is 0 Å². The number of carbonyl (C=O) groups is 1. The number of benzene rings is 1. The van der Waals surface area contributed by atoms with Gasteiger partial charge in [-0.2, -0.15) is 0 Å². The van der Waals surface area contributed by atoms with Gasteiger partial charge in [0.25, 0.3) is 5.91 Å². The second-order valence-electron chi connectivity index (χ2n) is 4.58. The van der Waals surface area contributed by atoms with Gasteiger partial charge in [-0.25, -0.2) is 4.39 Å². The maximum Gasteiger partial charge on any atom is 0.254 e. The van der Waals surface area contributed by atoms with Crippen LogP contribution in [0.5, 0.6) is 0 Å². The molecular formula is C13H15ClFNO2. The van der Waals surface area contributed by atoms with Crippen LogP contribution in [0.3, 0.4) is 0 Å². The van der Waals surface area contributed by atoms with E-state index in [4.69, 9.17) is 11.6 Å². The Morgan fingerprint density at radius 1 is 1.50 bits per heavy atom. The molecule has 1 aromatic carbocycles. The first-order valence-corrected chi connectivity index (χ1v) is 6.36. The van der Waals surface area contributed by atoms with Gasteiger partial charge in [0.1, 0.15) is 5.82 Å². The Labute approximate surface area is 110 Å². The average Bonchev–Trinajstić information content (AvgIpc) is 2.79. The molecule has 0 heterocycles. The molecule has 0 spiro atoms. The summed E-state index contributed by atoms with van der Waals surface area (Å²) in [7, 11) is 0. The van der Waals surface area contributed by atoms with Crippen LogP contribution in [0.2, 0.25) is 5.02 Å². The molecule has 1 aromatic rings.